The Balaban J connectivity index is 0.00000306. The van der Waals surface area contributed by atoms with Crippen molar-refractivity contribution < 1.29 is 9.90 Å². The molecule has 4 rings (SSSR count). The molecule has 0 atom stereocenters. The monoisotopic (exact) mass is 462 g/mol. The van der Waals surface area contributed by atoms with E-state index in [0.29, 0.717) is 17.8 Å². The van der Waals surface area contributed by atoms with Gasteiger partial charge in [0.1, 0.15) is 0 Å². The Morgan fingerprint density at radius 1 is 0.909 bits per heavy atom. The summed E-state index contributed by atoms with van der Waals surface area (Å²) in [6.45, 7) is 0.342. The number of nitrogens with zero attached hydrogens (tertiary/aromatic N) is 3. The van der Waals surface area contributed by atoms with E-state index in [0.717, 1.165) is 27.8 Å². The number of carbonyl (C=O) groups excluding carboxylic acids is 1. The topological polar surface area (TPSA) is 71.9 Å². The van der Waals surface area contributed by atoms with E-state index < -0.39 is 0 Å². The first-order chi connectivity index (χ1) is 15.4. The van der Waals surface area contributed by atoms with Gasteiger partial charge in [-0.05, 0) is 44.4 Å². The SMILES string of the molecule is CN(C)CC(=O)N(C)c1ccc(N=C(c2ccccc2)c2c(O)[nH]c3ccccc23)cc1.Cl. The van der Waals surface area contributed by atoms with E-state index in [1.807, 2.05) is 97.9 Å². The summed E-state index contributed by atoms with van der Waals surface area (Å²) in [6, 6.07) is 25.1. The number of aliphatic imine (C=N–C) groups is 1. The van der Waals surface area contributed by atoms with Crippen LogP contribution in [0.1, 0.15) is 11.1 Å². The van der Waals surface area contributed by atoms with E-state index in [4.69, 9.17) is 4.99 Å². The van der Waals surface area contributed by atoms with Crippen molar-refractivity contribution in [2.24, 2.45) is 4.99 Å². The average Bonchev–Trinajstić information content (AvgIpc) is 3.13. The Morgan fingerprint density at radius 2 is 1.55 bits per heavy atom. The van der Waals surface area contributed by atoms with Gasteiger partial charge in [-0.2, -0.15) is 0 Å². The molecule has 4 aromatic rings. The molecule has 1 aromatic heterocycles. The highest BCUT2D eigenvalue weighted by molar-refractivity contribution is 6.21. The van der Waals surface area contributed by atoms with Crippen LogP contribution in [-0.2, 0) is 4.79 Å². The van der Waals surface area contributed by atoms with Crippen LogP contribution in [0.15, 0.2) is 83.9 Å². The lowest BCUT2D eigenvalue weighted by atomic mass is 10.0. The van der Waals surface area contributed by atoms with Gasteiger partial charge in [0.15, 0.2) is 5.88 Å². The van der Waals surface area contributed by atoms with E-state index in [9.17, 15) is 9.90 Å². The van der Waals surface area contributed by atoms with Crippen LogP contribution in [0, 0.1) is 0 Å². The second-order valence-corrected chi connectivity index (χ2v) is 7.93. The van der Waals surface area contributed by atoms with Crippen molar-refractivity contribution in [1.29, 1.82) is 0 Å². The Labute approximate surface area is 199 Å². The van der Waals surface area contributed by atoms with Gasteiger partial charge < -0.3 is 19.9 Å². The second kappa shape index (κ2) is 10.3. The first kappa shape index (κ1) is 24.0. The van der Waals surface area contributed by atoms with Gasteiger partial charge in [-0.3, -0.25) is 4.79 Å². The van der Waals surface area contributed by atoms with Crippen LogP contribution in [-0.4, -0.2) is 54.3 Å². The smallest absolute Gasteiger partial charge is 0.240 e. The van der Waals surface area contributed by atoms with E-state index in [2.05, 4.69) is 4.98 Å². The third-order valence-electron chi connectivity index (χ3n) is 5.27. The summed E-state index contributed by atoms with van der Waals surface area (Å²) in [5.74, 6) is 0.0966. The molecule has 0 spiro atoms. The lowest BCUT2D eigenvalue weighted by molar-refractivity contribution is -0.118. The second-order valence-electron chi connectivity index (χ2n) is 7.93. The highest BCUT2D eigenvalue weighted by atomic mass is 35.5. The maximum absolute atomic E-state index is 12.3. The van der Waals surface area contributed by atoms with E-state index in [-0.39, 0.29) is 24.2 Å². The zero-order valence-corrected chi connectivity index (χ0v) is 19.6. The van der Waals surface area contributed by atoms with E-state index in [1.165, 1.54) is 0 Å². The van der Waals surface area contributed by atoms with E-state index >= 15 is 0 Å². The molecule has 0 unspecified atom stereocenters. The minimum absolute atomic E-state index is 0. The third kappa shape index (κ3) is 5.25. The molecule has 1 heterocycles. The summed E-state index contributed by atoms with van der Waals surface area (Å²) < 4.78 is 0. The maximum atomic E-state index is 12.3. The molecule has 0 aliphatic heterocycles. The molecule has 33 heavy (non-hydrogen) atoms. The van der Waals surface area contributed by atoms with Gasteiger partial charge in [0, 0.05) is 29.2 Å². The number of fused-ring (bicyclic) bond motifs is 1. The van der Waals surface area contributed by atoms with Crippen molar-refractivity contribution >= 4 is 46.3 Å². The van der Waals surface area contributed by atoms with Gasteiger partial charge in [-0.1, -0.05) is 48.5 Å². The van der Waals surface area contributed by atoms with Gasteiger partial charge in [0.05, 0.1) is 23.5 Å². The Hall–Kier alpha value is -3.61. The molecule has 7 heteroatoms. The molecule has 0 aliphatic rings. The van der Waals surface area contributed by atoms with Crippen molar-refractivity contribution in [3.63, 3.8) is 0 Å². The number of carbonyl (C=O) groups is 1. The Morgan fingerprint density at radius 3 is 2.21 bits per heavy atom. The molecule has 170 valence electrons. The fourth-order valence-corrected chi connectivity index (χ4v) is 3.63. The minimum Gasteiger partial charge on any atom is -0.494 e. The molecule has 6 nitrogen and oxygen atoms in total. The number of para-hydroxylation sites is 1. The van der Waals surface area contributed by atoms with Crippen molar-refractivity contribution in [2.45, 2.75) is 0 Å². The lowest BCUT2D eigenvalue weighted by Crippen LogP contribution is -2.34. The van der Waals surface area contributed by atoms with Gasteiger partial charge >= 0.3 is 0 Å². The highest BCUT2D eigenvalue weighted by Gasteiger charge is 2.18. The van der Waals surface area contributed by atoms with Crippen LogP contribution >= 0.6 is 12.4 Å². The largest absolute Gasteiger partial charge is 0.494 e. The molecule has 2 N–H and O–H groups in total. The summed E-state index contributed by atoms with van der Waals surface area (Å²) in [6.07, 6.45) is 0. The quantitative estimate of drug-likeness (QED) is 0.396. The molecule has 0 saturated carbocycles. The molecule has 0 radical (unpaired) electrons. The number of amides is 1. The molecular formula is C26H27ClN4O2. The van der Waals surface area contributed by atoms with Crippen molar-refractivity contribution in [3.05, 3.63) is 90.0 Å². The number of rotatable bonds is 6. The predicted octanol–water partition coefficient (Wildman–Crippen LogP) is 4.99. The number of nitrogens with one attached hydrogen (secondary N) is 1. The van der Waals surface area contributed by atoms with E-state index in [1.54, 1.807) is 11.9 Å². The number of aromatic hydroxyl groups is 1. The van der Waals surface area contributed by atoms with Crippen LogP contribution in [0.4, 0.5) is 11.4 Å². The zero-order chi connectivity index (χ0) is 22.7. The molecule has 1 amide bonds. The van der Waals surface area contributed by atoms with Crippen LogP contribution in [0.5, 0.6) is 5.88 Å². The maximum Gasteiger partial charge on any atom is 0.240 e. The van der Waals surface area contributed by atoms with Crippen molar-refractivity contribution in [1.82, 2.24) is 9.88 Å². The summed E-state index contributed by atoms with van der Waals surface area (Å²) in [7, 11) is 5.51. The first-order valence-electron chi connectivity index (χ1n) is 10.4. The van der Waals surface area contributed by atoms with Crippen LogP contribution in [0.2, 0.25) is 0 Å². The van der Waals surface area contributed by atoms with Crippen molar-refractivity contribution in [2.75, 3.05) is 32.6 Å². The Bertz CT molecular complexity index is 1260. The van der Waals surface area contributed by atoms with Gasteiger partial charge in [0.25, 0.3) is 0 Å². The number of hydrogen-bond donors (Lipinski definition) is 2. The van der Waals surface area contributed by atoms with Crippen LogP contribution in [0.25, 0.3) is 10.9 Å². The summed E-state index contributed by atoms with van der Waals surface area (Å²) in [4.78, 5) is 23.8. The summed E-state index contributed by atoms with van der Waals surface area (Å²) in [5, 5.41) is 11.6. The Kier molecular flexibility index (Phi) is 7.53. The predicted molar refractivity (Wildman–Crippen MR) is 137 cm³/mol. The summed E-state index contributed by atoms with van der Waals surface area (Å²) in [5.41, 5.74) is 4.60. The molecule has 0 fully saturated rings. The van der Waals surface area contributed by atoms with Crippen LogP contribution in [0.3, 0.4) is 0 Å². The summed E-state index contributed by atoms with van der Waals surface area (Å²) >= 11 is 0. The highest BCUT2D eigenvalue weighted by Crippen LogP contribution is 2.31. The molecule has 0 saturated heterocycles. The molecular weight excluding hydrogens is 436 g/mol. The number of halogens is 1. The van der Waals surface area contributed by atoms with Gasteiger partial charge in [0.2, 0.25) is 5.91 Å². The number of H-pyrrole nitrogens is 1. The molecule has 3 aromatic carbocycles. The van der Waals surface area contributed by atoms with Gasteiger partial charge in [-0.15, -0.1) is 12.4 Å². The normalized spacial score (nSPS) is 11.5. The fraction of sp³-hybridized carbons (Fsp3) is 0.154. The standard InChI is InChI=1S/C26H26N4O2.ClH/c1-29(2)17-23(31)30(3)20-15-13-19(14-16-20)27-25(18-9-5-4-6-10-18)24-21-11-7-8-12-22(21)28-26(24)32;/h4-16,28,32H,17H2,1-3H3;1H. The van der Waals surface area contributed by atoms with Crippen molar-refractivity contribution in [3.8, 4) is 5.88 Å². The molecule has 0 aliphatic carbocycles. The number of aromatic amines is 1. The zero-order valence-electron chi connectivity index (χ0n) is 18.8. The van der Waals surface area contributed by atoms with Crippen LogP contribution < -0.4 is 4.90 Å². The number of aromatic nitrogens is 1. The minimum atomic E-state index is 0. The number of benzene rings is 3. The number of likely N-dealkylation sites (N-methyl/N-ethyl adjacent to an activating group) is 2. The first-order valence-corrected chi connectivity index (χ1v) is 10.4. The number of hydrogen-bond acceptors (Lipinski definition) is 4. The van der Waals surface area contributed by atoms with Gasteiger partial charge in [-0.25, -0.2) is 4.99 Å². The third-order valence-corrected chi connectivity index (χ3v) is 5.27. The fourth-order valence-electron chi connectivity index (χ4n) is 3.63. The number of anilines is 1. The average molecular weight is 463 g/mol. The lowest BCUT2D eigenvalue weighted by Gasteiger charge is -2.19. The molecule has 0 bridgehead atoms.